The Balaban J connectivity index is 1.70. The van der Waals surface area contributed by atoms with Crippen LogP contribution in [-0.4, -0.2) is 13.4 Å². The Bertz CT molecular complexity index is 1180. The van der Waals surface area contributed by atoms with Crippen LogP contribution in [0.2, 0.25) is 0 Å². The van der Waals surface area contributed by atoms with Gasteiger partial charge in [0.05, 0.1) is 15.3 Å². The van der Waals surface area contributed by atoms with Crippen molar-refractivity contribution in [3.8, 4) is 11.1 Å². The first-order valence-corrected chi connectivity index (χ1v) is 9.79. The second-order valence-electron chi connectivity index (χ2n) is 6.26. The number of fused-ring (bicyclic) bond motifs is 1. The third kappa shape index (κ3) is 3.00. The largest absolute Gasteiger partial charge is 0.256 e. The SMILES string of the molecule is Cc1ccc(S(=O)(=O)c2ccc(-c3cnc4ccccc4c3)cc2)cc1. The molecule has 26 heavy (non-hydrogen) atoms. The van der Waals surface area contributed by atoms with Crippen LogP contribution in [0.1, 0.15) is 5.56 Å². The topological polar surface area (TPSA) is 47.0 Å². The van der Waals surface area contributed by atoms with Gasteiger partial charge in [0, 0.05) is 17.1 Å². The first-order valence-electron chi connectivity index (χ1n) is 8.31. The third-order valence-electron chi connectivity index (χ3n) is 4.42. The number of hydrogen-bond donors (Lipinski definition) is 0. The predicted octanol–water partition coefficient (Wildman–Crippen LogP) is 5.04. The molecule has 0 unspecified atom stereocenters. The molecule has 0 fully saturated rings. The van der Waals surface area contributed by atoms with Gasteiger partial charge in [-0.1, -0.05) is 48.0 Å². The molecule has 0 aliphatic carbocycles. The number of nitrogens with zero attached hydrogens (tertiary/aromatic N) is 1. The molecule has 0 atom stereocenters. The zero-order chi connectivity index (χ0) is 18.1. The van der Waals surface area contributed by atoms with Crippen LogP contribution >= 0.6 is 0 Å². The lowest BCUT2D eigenvalue weighted by molar-refractivity contribution is 0.596. The standard InChI is InChI=1S/C22H17NO2S/c1-16-6-10-20(11-7-16)26(24,25)21-12-8-17(9-13-21)19-14-18-4-2-3-5-22(18)23-15-19/h2-15H,1H3. The van der Waals surface area contributed by atoms with Gasteiger partial charge >= 0.3 is 0 Å². The van der Waals surface area contributed by atoms with Gasteiger partial charge in [0.15, 0.2) is 0 Å². The summed E-state index contributed by atoms with van der Waals surface area (Å²) in [6, 6.07) is 23.8. The minimum absolute atomic E-state index is 0.291. The Morgan fingerprint density at radius 2 is 1.35 bits per heavy atom. The number of aryl methyl sites for hydroxylation is 1. The number of pyridine rings is 1. The van der Waals surface area contributed by atoms with E-state index in [9.17, 15) is 8.42 Å². The van der Waals surface area contributed by atoms with Gasteiger partial charge in [-0.2, -0.15) is 0 Å². The van der Waals surface area contributed by atoms with Gasteiger partial charge in [0.25, 0.3) is 0 Å². The highest BCUT2D eigenvalue weighted by Crippen LogP contribution is 2.26. The molecule has 0 amide bonds. The molecule has 0 aliphatic rings. The van der Waals surface area contributed by atoms with Crippen LogP contribution in [0.3, 0.4) is 0 Å². The van der Waals surface area contributed by atoms with E-state index in [1.807, 2.05) is 61.7 Å². The number of para-hydroxylation sites is 1. The summed E-state index contributed by atoms with van der Waals surface area (Å²) >= 11 is 0. The normalized spacial score (nSPS) is 11.6. The molecular weight excluding hydrogens is 342 g/mol. The number of sulfone groups is 1. The fraction of sp³-hybridized carbons (Fsp3) is 0.0455. The molecular formula is C22H17NO2S. The van der Waals surface area contributed by atoms with Crippen LogP contribution in [0, 0.1) is 6.92 Å². The molecule has 3 nitrogen and oxygen atoms in total. The molecule has 0 bridgehead atoms. The molecule has 128 valence electrons. The van der Waals surface area contributed by atoms with Gasteiger partial charge in [-0.25, -0.2) is 8.42 Å². The Hall–Kier alpha value is -2.98. The lowest BCUT2D eigenvalue weighted by Gasteiger charge is -2.07. The Labute approximate surface area is 152 Å². The second kappa shape index (κ2) is 6.39. The molecule has 0 aliphatic heterocycles. The Kier molecular flexibility index (Phi) is 4.05. The van der Waals surface area contributed by atoms with Crippen LogP contribution in [-0.2, 0) is 9.84 Å². The van der Waals surface area contributed by atoms with E-state index in [1.54, 1.807) is 24.3 Å². The monoisotopic (exact) mass is 359 g/mol. The average Bonchev–Trinajstić information content (AvgIpc) is 2.68. The van der Waals surface area contributed by atoms with Crippen molar-refractivity contribution in [1.82, 2.24) is 4.98 Å². The van der Waals surface area contributed by atoms with E-state index in [2.05, 4.69) is 11.1 Å². The molecule has 1 aromatic heterocycles. The van der Waals surface area contributed by atoms with Crippen molar-refractivity contribution in [1.29, 1.82) is 0 Å². The maximum atomic E-state index is 12.8. The first kappa shape index (κ1) is 16.5. The zero-order valence-electron chi connectivity index (χ0n) is 14.3. The van der Waals surface area contributed by atoms with Gasteiger partial charge in [-0.15, -0.1) is 0 Å². The zero-order valence-corrected chi connectivity index (χ0v) is 15.1. The molecule has 0 spiro atoms. The third-order valence-corrected chi connectivity index (χ3v) is 6.21. The predicted molar refractivity (Wildman–Crippen MR) is 104 cm³/mol. The van der Waals surface area contributed by atoms with Crippen molar-refractivity contribution in [3.63, 3.8) is 0 Å². The number of aromatic nitrogens is 1. The highest BCUT2D eigenvalue weighted by atomic mass is 32.2. The molecule has 4 rings (SSSR count). The van der Waals surface area contributed by atoms with Crippen molar-refractivity contribution >= 4 is 20.7 Å². The molecule has 0 radical (unpaired) electrons. The summed E-state index contributed by atoms with van der Waals surface area (Å²) in [6.45, 7) is 1.93. The van der Waals surface area contributed by atoms with Gasteiger partial charge in [-0.05, 0) is 48.9 Å². The lowest BCUT2D eigenvalue weighted by atomic mass is 10.1. The summed E-state index contributed by atoms with van der Waals surface area (Å²) in [6.07, 6.45) is 1.81. The molecule has 0 saturated heterocycles. The first-order chi connectivity index (χ1) is 12.5. The van der Waals surface area contributed by atoms with Crippen LogP contribution in [0.5, 0.6) is 0 Å². The van der Waals surface area contributed by atoms with E-state index in [-0.39, 0.29) is 0 Å². The van der Waals surface area contributed by atoms with Crippen LogP contribution in [0.4, 0.5) is 0 Å². The average molecular weight is 359 g/mol. The van der Waals surface area contributed by atoms with Gasteiger partial charge in [0.1, 0.15) is 0 Å². The van der Waals surface area contributed by atoms with Crippen molar-refractivity contribution in [2.45, 2.75) is 16.7 Å². The van der Waals surface area contributed by atoms with E-state index < -0.39 is 9.84 Å². The van der Waals surface area contributed by atoms with Crippen molar-refractivity contribution in [3.05, 3.63) is 90.6 Å². The molecule has 4 heteroatoms. The van der Waals surface area contributed by atoms with E-state index in [0.717, 1.165) is 27.6 Å². The van der Waals surface area contributed by atoms with Gasteiger partial charge < -0.3 is 0 Å². The summed E-state index contributed by atoms with van der Waals surface area (Å²) in [5, 5.41) is 1.06. The second-order valence-corrected chi connectivity index (χ2v) is 8.21. The highest BCUT2D eigenvalue weighted by molar-refractivity contribution is 7.91. The van der Waals surface area contributed by atoms with Gasteiger partial charge in [-0.3, -0.25) is 4.98 Å². The van der Waals surface area contributed by atoms with Crippen LogP contribution in [0.25, 0.3) is 22.0 Å². The lowest BCUT2D eigenvalue weighted by Crippen LogP contribution is -2.01. The summed E-state index contributed by atoms with van der Waals surface area (Å²) in [4.78, 5) is 5.07. The summed E-state index contributed by atoms with van der Waals surface area (Å²) < 4.78 is 25.5. The van der Waals surface area contributed by atoms with E-state index in [0.29, 0.717) is 9.79 Å². The van der Waals surface area contributed by atoms with Crippen LogP contribution in [0.15, 0.2) is 94.9 Å². The van der Waals surface area contributed by atoms with Crippen molar-refractivity contribution in [2.75, 3.05) is 0 Å². The minimum atomic E-state index is -3.50. The summed E-state index contributed by atoms with van der Waals surface area (Å²) in [5.41, 5.74) is 3.87. The fourth-order valence-corrected chi connectivity index (χ4v) is 4.17. The highest BCUT2D eigenvalue weighted by Gasteiger charge is 2.17. The number of hydrogen-bond acceptors (Lipinski definition) is 3. The Morgan fingerprint density at radius 1 is 0.731 bits per heavy atom. The van der Waals surface area contributed by atoms with Crippen molar-refractivity contribution in [2.24, 2.45) is 0 Å². The van der Waals surface area contributed by atoms with E-state index in [1.165, 1.54) is 0 Å². The smallest absolute Gasteiger partial charge is 0.206 e. The minimum Gasteiger partial charge on any atom is -0.256 e. The fourth-order valence-electron chi connectivity index (χ4n) is 2.91. The molecule has 0 N–H and O–H groups in total. The Morgan fingerprint density at radius 3 is 2.04 bits per heavy atom. The summed E-state index contributed by atoms with van der Waals surface area (Å²) in [5.74, 6) is 0. The quantitative estimate of drug-likeness (QED) is 0.515. The van der Waals surface area contributed by atoms with Gasteiger partial charge in [0.2, 0.25) is 9.84 Å². The van der Waals surface area contributed by atoms with E-state index in [4.69, 9.17) is 0 Å². The van der Waals surface area contributed by atoms with E-state index >= 15 is 0 Å². The number of benzene rings is 3. The maximum Gasteiger partial charge on any atom is 0.206 e. The number of rotatable bonds is 3. The molecule has 3 aromatic carbocycles. The summed E-state index contributed by atoms with van der Waals surface area (Å²) in [7, 11) is -3.50. The molecule has 1 heterocycles. The van der Waals surface area contributed by atoms with Crippen molar-refractivity contribution < 1.29 is 8.42 Å². The maximum absolute atomic E-state index is 12.8. The molecule has 4 aromatic rings. The van der Waals surface area contributed by atoms with Crippen LogP contribution < -0.4 is 0 Å². The molecule has 0 saturated carbocycles.